The predicted molar refractivity (Wildman–Crippen MR) is 66.7 cm³/mol. The summed E-state index contributed by atoms with van der Waals surface area (Å²) in [5, 5.41) is 2.19. The van der Waals surface area contributed by atoms with Crippen molar-refractivity contribution in [1.82, 2.24) is 10.4 Å². The van der Waals surface area contributed by atoms with Gasteiger partial charge in [-0.15, -0.1) is 0 Å². The van der Waals surface area contributed by atoms with Crippen molar-refractivity contribution in [2.45, 2.75) is 6.54 Å². The van der Waals surface area contributed by atoms with Crippen molar-refractivity contribution >= 4 is 0 Å². The Morgan fingerprint density at radius 3 is 2.61 bits per heavy atom. The highest BCUT2D eigenvalue weighted by molar-refractivity contribution is 5.43. The number of ether oxygens (including phenoxy) is 3. The molecule has 1 fully saturated rings. The van der Waals surface area contributed by atoms with Crippen molar-refractivity contribution < 1.29 is 14.2 Å². The standard InChI is InChI=1S/C13H18N2O3/c1-2-12-13(18-8-7-17-12)9-11(1)10-14-15-3-5-16-6-4-15/h1-2,9,14H,3-8,10H2. The van der Waals surface area contributed by atoms with E-state index in [0.29, 0.717) is 13.2 Å². The van der Waals surface area contributed by atoms with Gasteiger partial charge >= 0.3 is 0 Å². The lowest BCUT2D eigenvalue weighted by molar-refractivity contribution is 0.0105. The molecule has 5 nitrogen and oxygen atoms in total. The van der Waals surface area contributed by atoms with Crippen LogP contribution in [0.3, 0.4) is 0 Å². The molecule has 0 amide bonds. The Balaban J connectivity index is 1.58. The highest BCUT2D eigenvalue weighted by atomic mass is 16.6. The third kappa shape index (κ3) is 2.75. The van der Waals surface area contributed by atoms with E-state index in [9.17, 15) is 0 Å². The number of fused-ring (bicyclic) bond motifs is 1. The van der Waals surface area contributed by atoms with Gasteiger partial charge in [-0.3, -0.25) is 5.43 Å². The Morgan fingerprint density at radius 1 is 1.00 bits per heavy atom. The summed E-state index contributed by atoms with van der Waals surface area (Å²) in [6, 6.07) is 6.09. The molecule has 1 saturated heterocycles. The zero-order valence-corrected chi connectivity index (χ0v) is 10.4. The van der Waals surface area contributed by atoms with Crippen LogP contribution in [0.4, 0.5) is 0 Å². The van der Waals surface area contributed by atoms with Crippen molar-refractivity contribution in [3.63, 3.8) is 0 Å². The molecule has 1 aromatic rings. The number of nitrogens with one attached hydrogen (secondary N) is 1. The van der Waals surface area contributed by atoms with Gasteiger partial charge in [-0.25, -0.2) is 5.01 Å². The van der Waals surface area contributed by atoms with Crippen LogP contribution >= 0.6 is 0 Å². The van der Waals surface area contributed by atoms with Gasteiger partial charge < -0.3 is 14.2 Å². The summed E-state index contributed by atoms with van der Waals surface area (Å²) in [5.74, 6) is 1.69. The van der Waals surface area contributed by atoms with Crippen LogP contribution in [-0.4, -0.2) is 44.5 Å². The second-order valence-corrected chi connectivity index (χ2v) is 4.41. The summed E-state index contributed by atoms with van der Waals surface area (Å²) in [5.41, 5.74) is 4.60. The van der Waals surface area contributed by atoms with E-state index in [-0.39, 0.29) is 0 Å². The van der Waals surface area contributed by atoms with Gasteiger partial charge in [-0.1, -0.05) is 6.07 Å². The number of hydrogen-bond acceptors (Lipinski definition) is 5. The molecule has 0 aromatic heterocycles. The second-order valence-electron chi connectivity index (χ2n) is 4.41. The average molecular weight is 250 g/mol. The maximum atomic E-state index is 5.57. The highest BCUT2D eigenvalue weighted by Crippen LogP contribution is 2.30. The first-order valence-electron chi connectivity index (χ1n) is 6.36. The molecular formula is C13H18N2O3. The zero-order valence-electron chi connectivity index (χ0n) is 10.4. The monoisotopic (exact) mass is 250 g/mol. The number of nitrogens with zero attached hydrogens (tertiary/aromatic N) is 1. The Kier molecular flexibility index (Phi) is 3.64. The smallest absolute Gasteiger partial charge is 0.161 e. The minimum absolute atomic E-state index is 0.632. The molecule has 1 N–H and O–H groups in total. The van der Waals surface area contributed by atoms with Crippen LogP contribution in [0, 0.1) is 0 Å². The van der Waals surface area contributed by atoms with Gasteiger partial charge in [0.1, 0.15) is 13.2 Å². The number of morpholine rings is 1. The molecule has 3 rings (SSSR count). The van der Waals surface area contributed by atoms with E-state index in [1.54, 1.807) is 0 Å². The van der Waals surface area contributed by atoms with Gasteiger partial charge in [0.25, 0.3) is 0 Å². The summed E-state index contributed by atoms with van der Waals surface area (Å²) >= 11 is 0. The number of benzene rings is 1. The van der Waals surface area contributed by atoms with Crippen molar-refractivity contribution in [2.24, 2.45) is 0 Å². The van der Waals surface area contributed by atoms with Crippen LogP contribution in [0.5, 0.6) is 11.5 Å². The van der Waals surface area contributed by atoms with Gasteiger partial charge in [-0.2, -0.15) is 0 Å². The Hall–Kier alpha value is -1.30. The van der Waals surface area contributed by atoms with Crippen LogP contribution in [-0.2, 0) is 11.3 Å². The van der Waals surface area contributed by atoms with Crippen molar-refractivity contribution in [1.29, 1.82) is 0 Å². The quantitative estimate of drug-likeness (QED) is 0.859. The molecule has 2 aliphatic rings. The molecule has 0 bridgehead atoms. The Bertz CT molecular complexity index is 405. The van der Waals surface area contributed by atoms with Gasteiger partial charge in [0.15, 0.2) is 11.5 Å². The summed E-state index contributed by atoms with van der Waals surface area (Å²) in [4.78, 5) is 0. The first kappa shape index (κ1) is 11.8. The van der Waals surface area contributed by atoms with E-state index in [2.05, 4.69) is 16.5 Å². The van der Waals surface area contributed by atoms with Crippen LogP contribution in [0.15, 0.2) is 18.2 Å². The average Bonchev–Trinajstić information content (AvgIpc) is 2.46. The second kappa shape index (κ2) is 5.56. The molecule has 0 saturated carbocycles. The molecule has 18 heavy (non-hydrogen) atoms. The van der Waals surface area contributed by atoms with Crippen LogP contribution in [0.25, 0.3) is 0 Å². The third-order valence-electron chi connectivity index (χ3n) is 3.12. The molecule has 2 aliphatic heterocycles. The number of rotatable bonds is 3. The molecule has 0 radical (unpaired) electrons. The van der Waals surface area contributed by atoms with Crippen LogP contribution in [0.2, 0.25) is 0 Å². The maximum Gasteiger partial charge on any atom is 0.161 e. The summed E-state index contributed by atoms with van der Waals surface area (Å²) < 4.78 is 16.4. The summed E-state index contributed by atoms with van der Waals surface area (Å²) in [6.07, 6.45) is 0. The zero-order chi connectivity index (χ0) is 12.2. The van der Waals surface area contributed by atoms with E-state index in [1.165, 1.54) is 5.56 Å². The highest BCUT2D eigenvalue weighted by Gasteiger charge is 2.13. The molecule has 0 spiro atoms. The lowest BCUT2D eigenvalue weighted by atomic mass is 10.2. The molecule has 98 valence electrons. The first-order valence-corrected chi connectivity index (χ1v) is 6.36. The van der Waals surface area contributed by atoms with E-state index in [1.807, 2.05) is 12.1 Å². The van der Waals surface area contributed by atoms with Crippen molar-refractivity contribution in [3.8, 4) is 11.5 Å². The van der Waals surface area contributed by atoms with Gasteiger partial charge in [0, 0.05) is 19.6 Å². The minimum Gasteiger partial charge on any atom is -0.486 e. The molecular weight excluding hydrogens is 232 g/mol. The largest absolute Gasteiger partial charge is 0.486 e. The first-order chi connectivity index (χ1) is 8.92. The van der Waals surface area contributed by atoms with E-state index in [0.717, 1.165) is 44.3 Å². The Labute approximate surface area is 107 Å². The summed E-state index contributed by atoms with van der Waals surface area (Å²) in [6.45, 7) is 5.54. The van der Waals surface area contributed by atoms with Crippen molar-refractivity contribution in [3.05, 3.63) is 23.8 Å². The predicted octanol–water partition coefficient (Wildman–Crippen LogP) is 0.795. The normalized spacial score (nSPS) is 19.8. The fourth-order valence-electron chi connectivity index (χ4n) is 2.12. The SMILES string of the molecule is c1cc2c(cc1CNN1CCOCC1)OCCO2. The van der Waals surface area contributed by atoms with Gasteiger partial charge in [0.2, 0.25) is 0 Å². The molecule has 0 aliphatic carbocycles. The topological polar surface area (TPSA) is 43.0 Å². The van der Waals surface area contributed by atoms with E-state index < -0.39 is 0 Å². The lowest BCUT2D eigenvalue weighted by Crippen LogP contribution is -2.45. The molecule has 5 heteroatoms. The molecule has 1 aromatic carbocycles. The number of hydrogen-bond donors (Lipinski definition) is 1. The van der Waals surface area contributed by atoms with E-state index >= 15 is 0 Å². The van der Waals surface area contributed by atoms with Crippen LogP contribution in [0.1, 0.15) is 5.56 Å². The minimum atomic E-state index is 0.632. The third-order valence-corrected chi connectivity index (χ3v) is 3.12. The van der Waals surface area contributed by atoms with Crippen molar-refractivity contribution in [2.75, 3.05) is 39.5 Å². The van der Waals surface area contributed by atoms with Gasteiger partial charge in [-0.05, 0) is 17.7 Å². The summed E-state index contributed by atoms with van der Waals surface area (Å²) in [7, 11) is 0. The Morgan fingerprint density at radius 2 is 1.78 bits per heavy atom. The number of hydrazine groups is 1. The maximum absolute atomic E-state index is 5.57. The molecule has 0 unspecified atom stereocenters. The van der Waals surface area contributed by atoms with E-state index in [4.69, 9.17) is 14.2 Å². The molecule has 0 atom stereocenters. The fourth-order valence-corrected chi connectivity index (χ4v) is 2.12. The fraction of sp³-hybridized carbons (Fsp3) is 0.538. The van der Waals surface area contributed by atoms with Crippen LogP contribution < -0.4 is 14.9 Å². The van der Waals surface area contributed by atoms with Gasteiger partial charge in [0.05, 0.1) is 13.2 Å². The molecule has 2 heterocycles. The lowest BCUT2D eigenvalue weighted by Gasteiger charge is -2.27.